The molecule has 1 saturated heterocycles. The molecule has 2 aliphatic carbocycles. The van der Waals surface area contributed by atoms with E-state index in [-0.39, 0.29) is 29.1 Å². The number of piperidine rings is 1. The molecule has 0 bridgehead atoms. The SMILES string of the molecule is CC1(C)C2C(=O)N(C3CCCCC3C(=O)O)C(=O)C21. The predicted molar refractivity (Wildman–Crippen MR) is 66.0 cm³/mol. The van der Waals surface area contributed by atoms with Crippen LogP contribution in [0.2, 0.25) is 0 Å². The van der Waals surface area contributed by atoms with Crippen LogP contribution in [0, 0.1) is 23.2 Å². The Kier molecular flexibility index (Phi) is 2.53. The van der Waals surface area contributed by atoms with Gasteiger partial charge in [-0.3, -0.25) is 19.3 Å². The molecule has 0 aromatic carbocycles. The Morgan fingerprint density at radius 3 is 2.21 bits per heavy atom. The summed E-state index contributed by atoms with van der Waals surface area (Å²) in [7, 11) is 0. The molecule has 19 heavy (non-hydrogen) atoms. The summed E-state index contributed by atoms with van der Waals surface area (Å²) in [5, 5.41) is 9.27. The summed E-state index contributed by atoms with van der Waals surface area (Å²) in [6, 6.07) is -0.421. The number of hydrogen-bond acceptors (Lipinski definition) is 3. The molecule has 0 radical (unpaired) electrons. The van der Waals surface area contributed by atoms with Gasteiger partial charge in [0.15, 0.2) is 0 Å². The third-order valence-corrected chi connectivity index (χ3v) is 5.21. The second-order valence-electron chi connectivity index (χ2n) is 6.62. The van der Waals surface area contributed by atoms with Crippen molar-refractivity contribution in [1.29, 1.82) is 0 Å². The monoisotopic (exact) mass is 265 g/mol. The van der Waals surface area contributed by atoms with Crippen LogP contribution in [0.4, 0.5) is 0 Å². The van der Waals surface area contributed by atoms with Gasteiger partial charge in [0.1, 0.15) is 0 Å². The molecule has 4 unspecified atom stereocenters. The number of imide groups is 1. The van der Waals surface area contributed by atoms with E-state index in [1.807, 2.05) is 13.8 Å². The number of amides is 2. The number of nitrogens with zero attached hydrogens (tertiary/aromatic N) is 1. The Labute approximate surface area is 112 Å². The molecule has 3 fully saturated rings. The number of rotatable bonds is 2. The summed E-state index contributed by atoms with van der Waals surface area (Å²) >= 11 is 0. The van der Waals surface area contributed by atoms with E-state index in [1.54, 1.807) is 0 Å². The van der Waals surface area contributed by atoms with Gasteiger partial charge in [-0.05, 0) is 18.3 Å². The summed E-state index contributed by atoms with van der Waals surface area (Å²) in [4.78, 5) is 37.3. The zero-order chi connectivity index (χ0) is 13.9. The van der Waals surface area contributed by atoms with Crippen LogP contribution in [0.1, 0.15) is 39.5 Å². The quantitative estimate of drug-likeness (QED) is 0.763. The number of carbonyl (C=O) groups is 3. The first-order chi connectivity index (χ1) is 8.87. The lowest BCUT2D eigenvalue weighted by Crippen LogP contribution is -2.50. The molecule has 4 atom stereocenters. The van der Waals surface area contributed by atoms with Gasteiger partial charge in [-0.15, -0.1) is 0 Å². The second-order valence-corrected chi connectivity index (χ2v) is 6.62. The van der Waals surface area contributed by atoms with Crippen molar-refractivity contribution < 1.29 is 19.5 Å². The first kappa shape index (κ1) is 12.6. The highest BCUT2D eigenvalue weighted by Crippen LogP contribution is 2.64. The lowest BCUT2D eigenvalue weighted by molar-refractivity contribution is -0.153. The molecular weight excluding hydrogens is 246 g/mol. The van der Waals surface area contributed by atoms with Crippen molar-refractivity contribution in [2.24, 2.45) is 23.2 Å². The summed E-state index contributed by atoms with van der Waals surface area (Å²) in [5.74, 6) is -2.17. The number of hydrogen-bond donors (Lipinski definition) is 1. The molecule has 5 nitrogen and oxygen atoms in total. The molecule has 0 aromatic rings. The fourth-order valence-electron chi connectivity index (χ4n) is 4.00. The number of carboxylic acids is 1. The van der Waals surface area contributed by atoms with E-state index >= 15 is 0 Å². The van der Waals surface area contributed by atoms with Crippen molar-refractivity contribution in [3.63, 3.8) is 0 Å². The molecule has 3 rings (SSSR count). The number of aliphatic carboxylic acids is 1. The molecule has 5 heteroatoms. The highest BCUT2D eigenvalue weighted by molar-refractivity contribution is 6.10. The van der Waals surface area contributed by atoms with E-state index in [9.17, 15) is 19.5 Å². The van der Waals surface area contributed by atoms with Crippen LogP contribution in [-0.4, -0.2) is 33.8 Å². The molecule has 1 aliphatic heterocycles. The minimum Gasteiger partial charge on any atom is -0.481 e. The molecule has 0 aromatic heterocycles. The molecule has 1 heterocycles. The van der Waals surface area contributed by atoms with Crippen LogP contribution in [0.15, 0.2) is 0 Å². The van der Waals surface area contributed by atoms with Gasteiger partial charge >= 0.3 is 5.97 Å². The lowest BCUT2D eigenvalue weighted by atomic mass is 9.83. The van der Waals surface area contributed by atoms with Crippen molar-refractivity contribution >= 4 is 17.8 Å². The lowest BCUT2D eigenvalue weighted by Gasteiger charge is -2.36. The standard InChI is InChI=1S/C14H19NO4/c1-14(2)9-10(14)12(17)15(11(9)16)8-6-4-3-5-7(8)13(18)19/h7-10H,3-6H2,1-2H3,(H,18,19). The normalized spacial score (nSPS) is 40.2. The minimum absolute atomic E-state index is 0.141. The summed E-state index contributed by atoms with van der Waals surface area (Å²) in [6.07, 6.45) is 2.95. The van der Waals surface area contributed by atoms with Gasteiger partial charge in [0.25, 0.3) is 0 Å². The fourth-order valence-corrected chi connectivity index (χ4v) is 4.00. The van der Waals surface area contributed by atoms with E-state index in [2.05, 4.69) is 0 Å². The maximum absolute atomic E-state index is 12.4. The summed E-state index contributed by atoms with van der Waals surface area (Å²) in [5.41, 5.74) is -0.224. The molecule has 2 saturated carbocycles. The van der Waals surface area contributed by atoms with Crippen LogP contribution in [0.3, 0.4) is 0 Å². The van der Waals surface area contributed by atoms with E-state index in [0.29, 0.717) is 12.8 Å². The number of carbonyl (C=O) groups excluding carboxylic acids is 2. The molecule has 3 aliphatic rings. The van der Waals surface area contributed by atoms with Crippen LogP contribution >= 0.6 is 0 Å². The van der Waals surface area contributed by atoms with Gasteiger partial charge in [0.05, 0.1) is 23.8 Å². The van der Waals surface area contributed by atoms with Gasteiger partial charge in [-0.2, -0.15) is 0 Å². The number of fused-ring (bicyclic) bond motifs is 1. The van der Waals surface area contributed by atoms with Crippen LogP contribution in [0.25, 0.3) is 0 Å². The third kappa shape index (κ3) is 1.56. The van der Waals surface area contributed by atoms with E-state index in [4.69, 9.17) is 0 Å². The largest absolute Gasteiger partial charge is 0.481 e. The van der Waals surface area contributed by atoms with Crippen molar-refractivity contribution in [3.8, 4) is 0 Å². The third-order valence-electron chi connectivity index (χ3n) is 5.21. The van der Waals surface area contributed by atoms with Crippen molar-refractivity contribution in [3.05, 3.63) is 0 Å². The van der Waals surface area contributed by atoms with Crippen molar-refractivity contribution in [2.75, 3.05) is 0 Å². The number of likely N-dealkylation sites (tertiary alicyclic amines) is 1. The van der Waals surface area contributed by atoms with Gasteiger partial charge in [-0.1, -0.05) is 26.7 Å². The molecule has 0 spiro atoms. The van der Waals surface area contributed by atoms with E-state index in [1.165, 1.54) is 4.90 Å². The fraction of sp³-hybridized carbons (Fsp3) is 0.786. The Balaban J connectivity index is 1.85. The summed E-state index contributed by atoms with van der Waals surface area (Å²) in [6.45, 7) is 3.87. The van der Waals surface area contributed by atoms with Crippen LogP contribution < -0.4 is 0 Å². The van der Waals surface area contributed by atoms with Gasteiger partial charge in [0, 0.05) is 0 Å². The maximum Gasteiger partial charge on any atom is 0.308 e. The van der Waals surface area contributed by atoms with Crippen LogP contribution in [0.5, 0.6) is 0 Å². The first-order valence-electron chi connectivity index (χ1n) is 6.97. The minimum atomic E-state index is -0.884. The molecular formula is C14H19NO4. The summed E-state index contributed by atoms with van der Waals surface area (Å²) < 4.78 is 0. The second kappa shape index (κ2) is 3.81. The Hall–Kier alpha value is -1.39. The average molecular weight is 265 g/mol. The van der Waals surface area contributed by atoms with Gasteiger partial charge in [0.2, 0.25) is 11.8 Å². The number of carboxylic acid groups (broad SMARTS) is 1. The highest BCUT2D eigenvalue weighted by atomic mass is 16.4. The van der Waals surface area contributed by atoms with Gasteiger partial charge in [-0.25, -0.2) is 0 Å². The van der Waals surface area contributed by atoms with E-state index in [0.717, 1.165) is 12.8 Å². The average Bonchev–Trinajstić information content (AvgIpc) is 2.80. The zero-order valence-corrected chi connectivity index (χ0v) is 11.3. The maximum atomic E-state index is 12.4. The molecule has 1 N–H and O–H groups in total. The Bertz CT molecular complexity index is 446. The van der Waals surface area contributed by atoms with Crippen molar-refractivity contribution in [2.45, 2.75) is 45.6 Å². The first-order valence-corrected chi connectivity index (χ1v) is 6.97. The zero-order valence-electron chi connectivity index (χ0n) is 11.3. The van der Waals surface area contributed by atoms with Gasteiger partial charge < -0.3 is 5.11 Å². The Morgan fingerprint density at radius 1 is 1.16 bits per heavy atom. The Morgan fingerprint density at radius 2 is 1.68 bits per heavy atom. The molecule has 104 valence electrons. The van der Waals surface area contributed by atoms with E-state index < -0.39 is 17.9 Å². The highest BCUT2D eigenvalue weighted by Gasteiger charge is 2.73. The predicted octanol–water partition coefficient (Wildman–Crippen LogP) is 1.27. The van der Waals surface area contributed by atoms with Crippen LogP contribution in [-0.2, 0) is 14.4 Å². The topological polar surface area (TPSA) is 74.7 Å². The smallest absolute Gasteiger partial charge is 0.308 e. The molecule has 2 amide bonds. The van der Waals surface area contributed by atoms with Crippen molar-refractivity contribution in [1.82, 2.24) is 4.90 Å².